The van der Waals surface area contributed by atoms with Gasteiger partial charge < -0.3 is 9.64 Å². The van der Waals surface area contributed by atoms with E-state index < -0.39 is 0 Å². The van der Waals surface area contributed by atoms with Crippen molar-refractivity contribution in [2.75, 3.05) is 20.2 Å². The molecule has 160 valence electrons. The van der Waals surface area contributed by atoms with Crippen LogP contribution in [-0.2, 0) is 21.0 Å². The van der Waals surface area contributed by atoms with Gasteiger partial charge >= 0.3 is 5.97 Å². The van der Waals surface area contributed by atoms with E-state index in [1.54, 1.807) is 13.3 Å². The first-order valence-corrected chi connectivity index (χ1v) is 11.0. The number of rotatable bonds is 9. The standard InChI is InChI=1S/C23H33BrN2O3/c1-5-19(15-21(27)29-17-18-9-7-6-8-10-18)22(20(24)16-25-28-4)26-13-11-23(2,3)12-14-26/h6-10,16,25H,5,11-15,17H2,1-4H3/b20-16+,22-19-. The fourth-order valence-corrected chi connectivity index (χ4v) is 4.02. The van der Waals surface area contributed by atoms with E-state index in [4.69, 9.17) is 9.57 Å². The number of nitrogens with one attached hydrogen (secondary N) is 1. The Bertz CT molecular complexity index is 719. The number of esters is 1. The van der Waals surface area contributed by atoms with Gasteiger partial charge in [0.25, 0.3) is 0 Å². The maximum Gasteiger partial charge on any atom is 0.310 e. The van der Waals surface area contributed by atoms with Crippen LogP contribution in [0.1, 0.15) is 52.0 Å². The van der Waals surface area contributed by atoms with Crippen LogP contribution in [0.25, 0.3) is 0 Å². The van der Waals surface area contributed by atoms with Crippen molar-refractivity contribution in [3.8, 4) is 0 Å². The van der Waals surface area contributed by atoms with Crippen LogP contribution >= 0.6 is 15.9 Å². The molecule has 1 heterocycles. The number of hydrogen-bond acceptors (Lipinski definition) is 5. The van der Waals surface area contributed by atoms with E-state index in [1.165, 1.54) is 0 Å². The van der Waals surface area contributed by atoms with Gasteiger partial charge in [0, 0.05) is 19.3 Å². The Hall–Kier alpha value is -1.79. The Labute approximate surface area is 183 Å². The van der Waals surface area contributed by atoms with Gasteiger partial charge in [0.1, 0.15) is 6.61 Å². The summed E-state index contributed by atoms with van der Waals surface area (Å²) in [4.78, 5) is 19.9. The Morgan fingerprint density at radius 3 is 2.48 bits per heavy atom. The molecule has 0 atom stereocenters. The minimum Gasteiger partial charge on any atom is -0.461 e. The van der Waals surface area contributed by atoms with E-state index in [2.05, 4.69) is 47.1 Å². The van der Waals surface area contributed by atoms with Gasteiger partial charge in [-0.05, 0) is 51.7 Å². The maximum atomic E-state index is 12.6. The quantitative estimate of drug-likeness (QED) is 0.305. The van der Waals surface area contributed by atoms with E-state index in [0.717, 1.165) is 53.7 Å². The third-order valence-corrected chi connectivity index (χ3v) is 5.93. The molecule has 1 saturated heterocycles. The molecular formula is C23H33BrN2O3. The van der Waals surface area contributed by atoms with Gasteiger partial charge in [-0.25, -0.2) is 0 Å². The number of carbonyl (C=O) groups excluding carboxylic acids is 1. The van der Waals surface area contributed by atoms with Gasteiger partial charge in [-0.1, -0.05) is 51.1 Å². The molecule has 1 aromatic carbocycles. The van der Waals surface area contributed by atoms with E-state index in [0.29, 0.717) is 12.0 Å². The third-order valence-electron chi connectivity index (χ3n) is 5.32. The highest BCUT2D eigenvalue weighted by molar-refractivity contribution is 9.12. The number of hydrogen-bond donors (Lipinski definition) is 1. The molecule has 1 aromatic rings. The van der Waals surface area contributed by atoms with Crippen molar-refractivity contribution >= 4 is 21.9 Å². The van der Waals surface area contributed by atoms with Crippen LogP contribution in [0.5, 0.6) is 0 Å². The van der Waals surface area contributed by atoms with Crippen LogP contribution < -0.4 is 5.48 Å². The van der Waals surface area contributed by atoms with Crippen molar-refractivity contribution in [1.82, 2.24) is 10.4 Å². The molecule has 0 bridgehead atoms. The number of allylic oxidation sites excluding steroid dienone is 1. The smallest absolute Gasteiger partial charge is 0.310 e. The number of nitrogens with zero attached hydrogens (tertiary/aromatic N) is 1. The number of hydroxylamine groups is 1. The van der Waals surface area contributed by atoms with Crippen molar-refractivity contribution in [1.29, 1.82) is 0 Å². The molecule has 0 unspecified atom stereocenters. The Morgan fingerprint density at radius 2 is 1.90 bits per heavy atom. The lowest BCUT2D eigenvalue weighted by Gasteiger charge is -2.40. The van der Waals surface area contributed by atoms with E-state index in [-0.39, 0.29) is 12.4 Å². The number of likely N-dealkylation sites (tertiary alicyclic amines) is 1. The lowest BCUT2D eigenvalue weighted by atomic mass is 9.82. The van der Waals surface area contributed by atoms with Crippen LogP contribution in [0.3, 0.4) is 0 Å². The molecule has 0 radical (unpaired) electrons. The van der Waals surface area contributed by atoms with Crippen molar-refractivity contribution < 1.29 is 14.4 Å². The van der Waals surface area contributed by atoms with Gasteiger partial charge in [-0.3, -0.25) is 15.1 Å². The van der Waals surface area contributed by atoms with Crippen molar-refractivity contribution in [3.05, 3.63) is 57.8 Å². The van der Waals surface area contributed by atoms with Crippen LogP contribution in [0.15, 0.2) is 52.3 Å². The van der Waals surface area contributed by atoms with Crippen LogP contribution in [0.2, 0.25) is 0 Å². The molecule has 1 N–H and O–H groups in total. The van der Waals surface area contributed by atoms with Crippen LogP contribution in [0.4, 0.5) is 0 Å². The van der Waals surface area contributed by atoms with Gasteiger partial charge in [-0.2, -0.15) is 0 Å². The third kappa shape index (κ3) is 7.52. The average Bonchev–Trinajstić information content (AvgIpc) is 2.72. The summed E-state index contributed by atoms with van der Waals surface area (Å²) in [5.74, 6) is -0.208. The number of piperidine rings is 1. The molecule has 5 nitrogen and oxygen atoms in total. The number of halogens is 1. The molecule has 0 spiro atoms. The second kappa shape index (κ2) is 11.4. The summed E-state index contributed by atoms with van der Waals surface area (Å²) < 4.78 is 6.41. The number of ether oxygens (including phenoxy) is 1. The summed E-state index contributed by atoms with van der Waals surface area (Å²) in [6.45, 7) is 8.92. The fraction of sp³-hybridized carbons (Fsp3) is 0.522. The minimum absolute atomic E-state index is 0.208. The zero-order chi connectivity index (χ0) is 21.3. The summed E-state index contributed by atoms with van der Waals surface area (Å²) in [6.07, 6.45) is 5.05. The van der Waals surface area contributed by atoms with Crippen molar-refractivity contribution in [2.24, 2.45) is 5.41 Å². The summed E-state index contributed by atoms with van der Waals surface area (Å²) in [6, 6.07) is 9.76. The van der Waals surface area contributed by atoms with E-state index >= 15 is 0 Å². The second-order valence-corrected chi connectivity index (χ2v) is 8.95. The molecule has 2 rings (SSSR count). The second-order valence-electron chi connectivity index (χ2n) is 8.09. The van der Waals surface area contributed by atoms with Gasteiger partial charge in [0.15, 0.2) is 0 Å². The predicted molar refractivity (Wildman–Crippen MR) is 120 cm³/mol. The molecule has 29 heavy (non-hydrogen) atoms. The molecule has 0 amide bonds. The van der Waals surface area contributed by atoms with Gasteiger partial charge in [-0.15, -0.1) is 0 Å². The van der Waals surface area contributed by atoms with Crippen LogP contribution in [-0.4, -0.2) is 31.1 Å². The Morgan fingerprint density at radius 1 is 1.24 bits per heavy atom. The van der Waals surface area contributed by atoms with E-state index in [9.17, 15) is 4.79 Å². The normalized spacial score (nSPS) is 17.6. The molecular weight excluding hydrogens is 432 g/mol. The molecule has 0 saturated carbocycles. The zero-order valence-electron chi connectivity index (χ0n) is 18.0. The minimum atomic E-state index is -0.208. The molecule has 1 aliphatic rings. The highest BCUT2D eigenvalue weighted by atomic mass is 79.9. The Balaban J connectivity index is 2.17. The maximum absolute atomic E-state index is 12.6. The summed E-state index contributed by atoms with van der Waals surface area (Å²) in [5, 5.41) is 0. The van der Waals surface area contributed by atoms with Crippen molar-refractivity contribution in [2.45, 2.75) is 53.1 Å². The number of benzene rings is 1. The highest BCUT2D eigenvalue weighted by Crippen LogP contribution is 2.36. The SMILES string of the molecule is CC/C(CC(=O)OCc1ccccc1)=C(\C(Br)=C/NOC)N1CCC(C)(C)CC1. The van der Waals surface area contributed by atoms with Crippen molar-refractivity contribution in [3.63, 3.8) is 0 Å². The van der Waals surface area contributed by atoms with Gasteiger partial charge in [0.05, 0.1) is 23.7 Å². The topological polar surface area (TPSA) is 50.8 Å². The molecule has 1 fully saturated rings. The summed E-state index contributed by atoms with van der Waals surface area (Å²) in [5.41, 5.74) is 6.24. The van der Waals surface area contributed by atoms with Crippen LogP contribution in [0, 0.1) is 5.41 Å². The fourth-order valence-electron chi connectivity index (χ4n) is 3.40. The zero-order valence-corrected chi connectivity index (χ0v) is 19.5. The Kier molecular flexibility index (Phi) is 9.24. The largest absolute Gasteiger partial charge is 0.461 e. The first kappa shape index (κ1) is 23.5. The summed E-state index contributed by atoms with van der Waals surface area (Å²) >= 11 is 3.68. The molecule has 0 aromatic heterocycles. The molecule has 1 aliphatic heterocycles. The first-order valence-electron chi connectivity index (χ1n) is 10.2. The predicted octanol–water partition coefficient (Wildman–Crippen LogP) is 5.29. The lowest BCUT2D eigenvalue weighted by Crippen LogP contribution is -2.37. The summed E-state index contributed by atoms with van der Waals surface area (Å²) in [7, 11) is 1.57. The monoisotopic (exact) mass is 464 g/mol. The molecule has 0 aliphatic carbocycles. The number of carbonyl (C=O) groups is 1. The lowest BCUT2D eigenvalue weighted by molar-refractivity contribution is -0.144. The average molecular weight is 465 g/mol. The van der Waals surface area contributed by atoms with E-state index in [1.807, 2.05) is 30.3 Å². The molecule has 6 heteroatoms. The highest BCUT2D eigenvalue weighted by Gasteiger charge is 2.28. The first-order chi connectivity index (χ1) is 13.9. The van der Waals surface area contributed by atoms with Gasteiger partial charge in [0.2, 0.25) is 0 Å².